The molecular weight excluding hydrogens is 430 g/mol. The van der Waals surface area contributed by atoms with Crippen LogP contribution in [0, 0.1) is 12.8 Å². The summed E-state index contributed by atoms with van der Waals surface area (Å²) in [4.78, 5) is 39.7. The largest absolute Gasteiger partial charge is 0.480 e. The number of hydrogen-bond acceptors (Lipinski definition) is 7. The number of aryl methyl sites for hydroxylation is 1. The predicted octanol–water partition coefficient (Wildman–Crippen LogP) is 3.33. The molecule has 1 aromatic heterocycles. The molecule has 0 spiro atoms. The number of amides is 2. The number of carbonyl (C=O) groups excluding carboxylic acids is 2. The van der Waals surface area contributed by atoms with Crippen LogP contribution in [0.4, 0.5) is 15.6 Å². The lowest BCUT2D eigenvalue weighted by Gasteiger charge is -2.14. The summed E-state index contributed by atoms with van der Waals surface area (Å²) >= 11 is 0.653. The van der Waals surface area contributed by atoms with E-state index >= 15 is 0 Å². The zero-order valence-corrected chi connectivity index (χ0v) is 17.8. The van der Waals surface area contributed by atoms with Crippen molar-refractivity contribution in [1.82, 2.24) is 4.98 Å². The highest BCUT2D eigenvalue weighted by atomic mass is 32.2. The topological polar surface area (TPSA) is 143 Å². The number of carboxylic acid groups (broad SMARTS) is 1. The molecule has 0 radical (unpaired) electrons. The molecule has 1 aromatic carbocycles. The van der Waals surface area contributed by atoms with E-state index in [1.165, 1.54) is 0 Å². The second-order valence-corrected chi connectivity index (χ2v) is 10.4. The SMILES string of the molecule is Cc1ccc(NC(=O)Nc2ncc(S(=O)(=O)CC(=O)O)s2)c(C(=O)C2CCCC2)c1. The van der Waals surface area contributed by atoms with Crippen molar-refractivity contribution < 1.29 is 27.9 Å². The third-order valence-electron chi connectivity index (χ3n) is 4.74. The van der Waals surface area contributed by atoms with Crippen LogP contribution < -0.4 is 10.6 Å². The van der Waals surface area contributed by atoms with Gasteiger partial charge in [-0.1, -0.05) is 35.8 Å². The zero-order chi connectivity index (χ0) is 21.9. The Morgan fingerprint density at radius 3 is 2.57 bits per heavy atom. The summed E-state index contributed by atoms with van der Waals surface area (Å²) in [7, 11) is -4.03. The van der Waals surface area contributed by atoms with Gasteiger partial charge in [-0.15, -0.1) is 0 Å². The monoisotopic (exact) mass is 451 g/mol. The van der Waals surface area contributed by atoms with Gasteiger partial charge in [0.2, 0.25) is 0 Å². The summed E-state index contributed by atoms with van der Waals surface area (Å²) in [5.41, 5.74) is 1.71. The number of aromatic nitrogens is 1. The standard InChI is InChI=1S/C19H21N3O6S2/c1-11-6-7-14(13(8-11)17(25)12-4-2-3-5-12)21-18(26)22-19-20-9-16(29-19)30(27,28)10-15(23)24/h6-9,12H,2-5,10H2,1H3,(H,23,24)(H2,20,21,22,26). The fourth-order valence-electron chi connectivity index (χ4n) is 3.32. The highest BCUT2D eigenvalue weighted by molar-refractivity contribution is 7.94. The number of ketones is 1. The molecule has 1 aliphatic rings. The Labute approximate surface area is 177 Å². The number of thiazole rings is 1. The number of Topliss-reactive ketones (excluding diaryl/α,β-unsaturated/α-hetero) is 1. The van der Waals surface area contributed by atoms with Gasteiger partial charge in [-0.2, -0.15) is 0 Å². The lowest BCUT2D eigenvalue weighted by molar-refractivity contribution is -0.134. The molecule has 2 amide bonds. The Morgan fingerprint density at radius 1 is 1.20 bits per heavy atom. The van der Waals surface area contributed by atoms with Crippen LogP contribution in [0.15, 0.2) is 28.6 Å². The van der Waals surface area contributed by atoms with Crippen molar-refractivity contribution in [3.8, 4) is 0 Å². The maximum absolute atomic E-state index is 12.9. The molecule has 0 aliphatic heterocycles. The van der Waals surface area contributed by atoms with Crippen LogP contribution in [0.25, 0.3) is 0 Å². The summed E-state index contributed by atoms with van der Waals surface area (Å²) in [5, 5.41) is 13.7. The Balaban J connectivity index is 1.73. The van der Waals surface area contributed by atoms with Gasteiger partial charge in [-0.05, 0) is 31.9 Å². The van der Waals surface area contributed by atoms with Crippen molar-refractivity contribution in [2.24, 2.45) is 5.92 Å². The minimum absolute atomic E-state index is 0.00259. The number of sulfone groups is 1. The first-order valence-corrected chi connectivity index (χ1v) is 11.8. The molecule has 30 heavy (non-hydrogen) atoms. The second-order valence-electron chi connectivity index (χ2n) is 7.11. The van der Waals surface area contributed by atoms with Gasteiger partial charge in [0, 0.05) is 11.5 Å². The van der Waals surface area contributed by atoms with Crippen molar-refractivity contribution in [2.75, 3.05) is 16.4 Å². The lowest BCUT2D eigenvalue weighted by atomic mass is 9.94. The molecule has 1 saturated carbocycles. The van der Waals surface area contributed by atoms with Crippen LogP contribution in [0.3, 0.4) is 0 Å². The van der Waals surface area contributed by atoms with Gasteiger partial charge in [0.05, 0.1) is 11.9 Å². The van der Waals surface area contributed by atoms with E-state index in [9.17, 15) is 22.8 Å². The molecule has 0 unspecified atom stereocenters. The first-order chi connectivity index (χ1) is 14.2. The zero-order valence-electron chi connectivity index (χ0n) is 16.2. The van der Waals surface area contributed by atoms with Gasteiger partial charge in [0.25, 0.3) is 0 Å². The fraction of sp³-hybridized carbons (Fsp3) is 0.368. The number of benzene rings is 1. The number of carboxylic acids is 1. The number of hydrogen-bond donors (Lipinski definition) is 3. The number of rotatable bonds is 7. The molecule has 9 nitrogen and oxygen atoms in total. The Kier molecular flexibility index (Phi) is 6.52. The minimum Gasteiger partial charge on any atom is -0.480 e. The highest BCUT2D eigenvalue weighted by Gasteiger charge is 2.26. The molecule has 0 saturated heterocycles. The number of aliphatic carboxylic acids is 1. The van der Waals surface area contributed by atoms with Crippen LogP contribution in [-0.2, 0) is 14.6 Å². The normalized spacial score (nSPS) is 14.4. The van der Waals surface area contributed by atoms with E-state index < -0.39 is 27.6 Å². The van der Waals surface area contributed by atoms with E-state index in [4.69, 9.17) is 5.11 Å². The van der Waals surface area contributed by atoms with Crippen LogP contribution in [0.1, 0.15) is 41.6 Å². The summed E-state index contributed by atoms with van der Waals surface area (Å²) < 4.78 is 23.6. The minimum atomic E-state index is -4.03. The Bertz CT molecular complexity index is 1090. The van der Waals surface area contributed by atoms with Crippen LogP contribution in [0.5, 0.6) is 0 Å². The molecule has 0 bridgehead atoms. The van der Waals surface area contributed by atoms with Crippen molar-refractivity contribution in [3.63, 3.8) is 0 Å². The average molecular weight is 452 g/mol. The number of anilines is 2. The van der Waals surface area contributed by atoms with Gasteiger partial charge in [0.1, 0.15) is 4.21 Å². The molecule has 1 heterocycles. The first kappa shape index (κ1) is 21.9. The number of urea groups is 1. The third-order valence-corrected chi connectivity index (χ3v) is 7.80. The van der Waals surface area contributed by atoms with E-state index in [1.807, 2.05) is 6.92 Å². The number of nitrogens with zero attached hydrogens (tertiary/aromatic N) is 1. The summed E-state index contributed by atoms with van der Waals surface area (Å²) in [6.07, 6.45) is 4.71. The van der Waals surface area contributed by atoms with Crippen LogP contribution in [0.2, 0.25) is 0 Å². The van der Waals surface area contributed by atoms with Crippen molar-refractivity contribution >= 4 is 49.8 Å². The fourth-order valence-corrected chi connectivity index (χ4v) is 5.47. The molecule has 2 aromatic rings. The molecule has 0 atom stereocenters. The highest BCUT2D eigenvalue weighted by Crippen LogP contribution is 2.31. The summed E-state index contributed by atoms with van der Waals surface area (Å²) in [6, 6.07) is 4.50. The van der Waals surface area contributed by atoms with Gasteiger partial charge >= 0.3 is 12.0 Å². The van der Waals surface area contributed by atoms with Crippen molar-refractivity contribution in [3.05, 3.63) is 35.5 Å². The van der Waals surface area contributed by atoms with E-state index in [0.717, 1.165) is 37.4 Å². The molecule has 1 aliphatic carbocycles. The first-order valence-electron chi connectivity index (χ1n) is 9.29. The van der Waals surface area contributed by atoms with Crippen molar-refractivity contribution in [1.29, 1.82) is 0 Å². The maximum atomic E-state index is 12.9. The molecular formula is C19H21N3O6S2. The molecule has 11 heteroatoms. The van der Waals surface area contributed by atoms with E-state index in [0.29, 0.717) is 22.6 Å². The van der Waals surface area contributed by atoms with Gasteiger partial charge in [-0.3, -0.25) is 14.9 Å². The van der Waals surface area contributed by atoms with Gasteiger partial charge in [-0.25, -0.2) is 18.2 Å². The molecule has 160 valence electrons. The lowest BCUT2D eigenvalue weighted by Crippen LogP contribution is -2.22. The molecule has 1 fully saturated rings. The number of carbonyl (C=O) groups is 3. The summed E-state index contributed by atoms with van der Waals surface area (Å²) in [5.74, 6) is -2.58. The van der Waals surface area contributed by atoms with Crippen LogP contribution in [-0.4, -0.2) is 42.0 Å². The Morgan fingerprint density at radius 2 is 1.90 bits per heavy atom. The quantitative estimate of drug-likeness (QED) is 0.548. The van der Waals surface area contributed by atoms with E-state index in [2.05, 4.69) is 15.6 Å². The average Bonchev–Trinajstić information content (AvgIpc) is 3.33. The smallest absolute Gasteiger partial charge is 0.325 e. The van der Waals surface area contributed by atoms with Crippen molar-refractivity contribution in [2.45, 2.75) is 36.8 Å². The maximum Gasteiger partial charge on any atom is 0.325 e. The van der Waals surface area contributed by atoms with E-state index in [1.54, 1.807) is 18.2 Å². The Hall–Kier alpha value is -2.79. The van der Waals surface area contributed by atoms with Crippen LogP contribution >= 0.6 is 11.3 Å². The summed E-state index contributed by atoms with van der Waals surface area (Å²) in [6.45, 7) is 1.87. The molecule has 3 rings (SSSR count). The van der Waals surface area contributed by atoms with Gasteiger partial charge < -0.3 is 10.4 Å². The predicted molar refractivity (Wildman–Crippen MR) is 112 cm³/mol. The molecule has 3 N–H and O–H groups in total. The van der Waals surface area contributed by atoms with Gasteiger partial charge in [0.15, 0.2) is 26.5 Å². The van der Waals surface area contributed by atoms with E-state index in [-0.39, 0.29) is 21.0 Å². The number of nitrogens with one attached hydrogen (secondary N) is 2. The second kappa shape index (κ2) is 8.92. The third kappa shape index (κ3) is 5.22.